The van der Waals surface area contributed by atoms with E-state index in [2.05, 4.69) is 4.90 Å². The van der Waals surface area contributed by atoms with Crippen molar-refractivity contribution < 1.29 is 4.79 Å². The minimum atomic E-state index is 0.409. The first-order chi connectivity index (χ1) is 7.34. The smallest absolute Gasteiger partial charge is 0.137 e. The van der Waals surface area contributed by atoms with E-state index in [0.29, 0.717) is 17.7 Å². The van der Waals surface area contributed by atoms with Crippen LogP contribution in [0.25, 0.3) is 0 Å². The Morgan fingerprint density at radius 2 is 2.00 bits per heavy atom. The van der Waals surface area contributed by atoms with Crippen molar-refractivity contribution in [2.75, 3.05) is 13.1 Å². The van der Waals surface area contributed by atoms with Crippen molar-refractivity contribution in [3.05, 3.63) is 0 Å². The van der Waals surface area contributed by atoms with Gasteiger partial charge in [-0.05, 0) is 51.0 Å². The molecular weight excluding hydrogens is 186 g/mol. The number of likely N-dealkylation sites (tertiary alicyclic amines) is 1. The molecule has 0 aromatic carbocycles. The van der Waals surface area contributed by atoms with Crippen molar-refractivity contribution >= 4 is 5.78 Å². The quantitative estimate of drug-likeness (QED) is 0.707. The summed E-state index contributed by atoms with van der Waals surface area (Å²) in [6, 6.07) is 0.626. The maximum Gasteiger partial charge on any atom is 0.137 e. The maximum atomic E-state index is 11.8. The van der Waals surface area contributed by atoms with Crippen LogP contribution in [-0.4, -0.2) is 29.8 Å². The highest BCUT2D eigenvalue weighted by atomic mass is 16.1. The molecule has 3 rings (SSSR count). The molecular formula is C13H21NO. The van der Waals surface area contributed by atoms with E-state index < -0.39 is 0 Å². The summed E-state index contributed by atoms with van der Waals surface area (Å²) in [7, 11) is 0. The Bertz CT molecular complexity index is 259. The monoisotopic (exact) mass is 207 g/mol. The zero-order valence-corrected chi connectivity index (χ0v) is 9.45. The minimum absolute atomic E-state index is 0.409. The van der Waals surface area contributed by atoms with Gasteiger partial charge in [0.1, 0.15) is 5.78 Å². The summed E-state index contributed by atoms with van der Waals surface area (Å²) >= 11 is 0. The van der Waals surface area contributed by atoms with Crippen molar-refractivity contribution in [1.82, 2.24) is 4.90 Å². The van der Waals surface area contributed by atoms with Crippen molar-refractivity contribution in [2.24, 2.45) is 11.8 Å². The average molecular weight is 207 g/mol. The van der Waals surface area contributed by atoms with Gasteiger partial charge in [-0.15, -0.1) is 0 Å². The van der Waals surface area contributed by atoms with Crippen LogP contribution in [-0.2, 0) is 4.79 Å². The lowest BCUT2D eigenvalue weighted by Crippen LogP contribution is -2.38. The van der Waals surface area contributed by atoms with E-state index in [9.17, 15) is 4.79 Å². The molecule has 1 saturated heterocycles. The molecule has 3 aliphatic rings. The molecule has 0 N–H and O–H groups in total. The number of hydrogen-bond donors (Lipinski definition) is 0. The van der Waals surface area contributed by atoms with E-state index in [1.807, 2.05) is 0 Å². The van der Waals surface area contributed by atoms with Gasteiger partial charge in [0, 0.05) is 24.9 Å². The molecule has 0 spiro atoms. The summed E-state index contributed by atoms with van der Waals surface area (Å²) in [5, 5.41) is 0. The van der Waals surface area contributed by atoms with Gasteiger partial charge in [0.2, 0.25) is 0 Å². The molecule has 2 heteroatoms. The molecule has 2 unspecified atom stereocenters. The fourth-order valence-electron chi connectivity index (χ4n) is 3.42. The Labute approximate surface area is 92.0 Å². The van der Waals surface area contributed by atoms with Crippen molar-refractivity contribution in [3.63, 3.8) is 0 Å². The van der Waals surface area contributed by atoms with Gasteiger partial charge in [0.05, 0.1) is 0 Å². The molecule has 3 fully saturated rings. The maximum absolute atomic E-state index is 11.8. The average Bonchev–Trinajstić information content (AvgIpc) is 2.74. The van der Waals surface area contributed by atoms with Gasteiger partial charge >= 0.3 is 0 Å². The molecule has 2 nitrogen and oxygen atoms in total. The molecule has 15 heavy (non-hydrogen) atoms. The molecule has 2 atom stereocenters. The molecule has 0 radical (unpaired) electrons. The Morgan fingerprint density at radius 3 is 2.67 bits per heavy atom. The van der Waals surface area contributed by atoms with Gasteiger partial charge in [-0.3, -0.25) is 9.69 Å². The number of carbonyl (C=O) groups is 1. The first-order valence-corrected chi connectivity index (χ1v) is 6.61. The normalized spacial score (nSPS) is 37.7. The number of hydrogen-bond acceptors (Lipinski definition) is 2. The second kappa shape index (κ2) is 3.89. The third kappa shape index (κ3) is 1.96. The molecule has 1 heterocycles. The summed E-state index contributed by atoms with van der Waals surface area (Å²) in [5.41, 5.74) is 0. The van der Waals surface area contributed by atoms with Crippen LogP contribution in [0.15, 0.2) is 0 Å². The Kier molecular flexibility index (Phi) is 2.55. The Balaban J connectivity index is 1.64. The molecule has 0 aromatic rings. The van der Waals surface area contributed by atoms with Gasteiger partial charge in [0.25, 0.3) is 0 Å². The lowest BCUT2D eigenvalue weighted by atomic mass is 9.95. The van der Waals surface area contributed by atoms with Crippen LogP contribution in [0.5, 0.6) is 0 Å². The summed E-state index contributed by atoms with van der Waals surface area (Å²) in [5.74, 6) is 1.94. The van der Waals surface area contributed by atoms with Crippen LogP contribution in [0.2, 0.25) is 0 Å². The van der Waals surface area contributed by atoms with Crippen LogP contribution in [0.4, 0.5) is 0 Å². The van der Waals surface area contributed by atoms with Crippen LogP contribution in [0.3, 0.4) is 0 Å². The van der Waals surface area contributed by atoms with Crippen LogP contribution < -0.4 is 0 Å². The van der Waals surface area contributed by atoms with Gasteiger partial charge in [-0.2, -0.15) is 0 Å². The SMILES string of the molecule is O=C1CCCC1C1CCCN1CC1CC1. The third-order valence-corrected chi connectivity index (χ3v) is 4.42. The molecule has 1 aliphatic heterocycles. The summed E-state index contributed by atoms with van der Waals surface area (Å²) in [6.45, 7) is 2.54. The van der Waals surface area contributed by atoms with E-state index in [-0.39, 0.29) is 0 Å². The highest BCUT2D eigenvalue weighted by Crippen LogP contribution is 2.37. The van der Waals surface area contributed by atoms with Crippen molar-refractivity contribution in [2.45, 2.75) is 51.0 Å². The standard InChI is InChI=1S/C13H21NO/c15-13-5-1-3-11(13)12-4-2-8-14(12)9-10-6-7-10/h10-12H,1-9H2. The minimum Gasteiger partial charge on any atom is -0.299 e. The second-order valence-electron chi connectivity index (χ2n) is 5.61. The molecule has 2 aliphatic carbocycles. The van der Waals surface area contributed by atoms with E-state index in [1.54, 1.807) is 0 Å². The largest absolute Gasteiger partial charge is 0.299 e. The van der Waals surface area contributed by atoms with Gasteiger partial charge in [-0.25, -0.2) is 0 Å². The number of rotatable bonds is 3. The third-order valence-electron chi connectivity index (χ3n) is 4.42. The predicted molar refractivity (Wildman–Crippen MR) is 59.7 cm³/mol. The lowest BCUT2D eigenvalue weighted by Gasteiger charge is -2.28. The van der Waals surface area contributed by atoms with E-state index in [4.69, 9.17) is 0 Å². The summed E-state index contributed by atoms with van der Waals surface area (Å²) in [4.78, 5) is 14.4. The fraction of sp³-hybridized carbons (Fsp3) is 0.923. The molecule has 0 amide bonds. The predicted octanol–water partition coefficient (Wildman–Crippen LogP) is 2.23. The molecule has 2 saturated carbocycles. The second-order valence-corrected chi connectivity index (χ2v) is 5.61. The molecule has 0 bridgehead atoms. The topological polar surface area (TPSA) is 20.3 Å². The van der Waals surface area contributed by atoms with Crippen LogP contribution >= 0.6 is 0 Å². The first-order valence-electron chi connectivity index (χ1n) is 6.61. The Hall–Kier alpha value is -0.370. The number of ketones is 1. The van der Waals surface area contributed by atoms with Gasteiger partial charge in [0.15, 0.2) is 0 Å². The molecule has 0 aromatic heterocycles. The van der Waals surface area contributed by atoms with E-state index in [0.717, 1.165) is 18.8 Å². The van der Waals surface area contributed by atoms with E-state index >= 15 is 0 Å². The zero-order valence-electron chi connectivity index (χ0n) is 9.45. The van der Waals surface area contributed by atoms with Crippen molar-refractivity contribution in [1.29, 1.82) is 0 Å². The highest BCUT2D eigenvalue weighted by molar-refractivity contribution is 5.83. The summed E-state index contributed by atoms with van der Waals surface area (Å²) < 4.78 is 0. The zero-order chi connectivity index (χ0) is 10.3. The number of Topliss-reactive ketones (excluding diaryl/α,β-unsaturated/α-hetero) is 1. The molecule has 84 valence electrons. The van der Waals surface area contributed by atoms with Crippen LogP contribution in [0.1, 0.15) is 44.9 Å². The van der Waals surface area contributed by atoms with Gasteiger partial charge < -0.3 is 0 Å². The van der Waals surface area contributed by atoms with Crippen LogP contribution in [0, 0.1) is 11.8 Å². The summed E-state index contributed by atoms with van der Waals surface area (Å²) in [6.07, 6.45) is 8.65. The Morgan fingerprint density at radius 1 is 1.13 bits per heavy atom. The number of nitrogens with zero attached hydrogens (tertiary/aromatic N) is 1. The number of carbonyl (C=O) groups excluding carboxylic acids is 1. The first kappa shape index (κ1) is 9.83. The fourth-order valence-corrected chi connectivity index (χ4v) is 3.42. The van der Waals surface area contributed by atoms with Gasteiger partial charge in [-0.1, -0.05) is 0 Å². The lowest BCUT2D eigenvalue weighted by molar-refractivity contribution is -0.122. The van der Waals surface area contributed by atoms with E-state index in [1.165, 1.54) is 45.2 Å². The highest BCUT2D eigenvalue weighted by Gasteiger charge is 2.39. The van der Waals surface area contributed by atoms with Crippen molar-refractivity contribution in [3.8, 4) is 0 Å².